The van der Waals surface area contributed by atoms with Gasteiger partial charge in [-0.1, -0.05) is 11.8 Å². The van der Waals surface area contributed by atoms with Crippen LogP contribution < -0.4 is 5.73 Å². The van der Waals surface area contributed by atoms with Gasteiger partial charge < -0.3 is 15.2 Å². The van der Waals surface area contributed by atoms with E-state index in [9.17, 15) is 4.79 Å². The number of nitrogens with zero attached hydrogens (tertiary/aromatic N) is 1. The topological polar surface area (TPSA) is 73.9 Å². The quantitative estimate of drug-likeness (QED) is 0.679. The van der Waals surface area contributed by atoms with Crippen LogP contribution in [0.2, 0.25) is 0 Å². The highest BCUT2D eigenvalue weighted by molar-refractivity contribution is 8.14. The Hall–Kier alpha value is -0.750. The van der Waals surface area contributed by atoms with Crippen molar-refractivity contribution in [3.05, 3.63) is 12.8 Å². The second kappa shape index (κ2) is 4.40. The molecule has 0 bridgehead atoms. The van der Waals surface area contributed by atoms with Crippen molar-refractivity contribution >= 4 is 22.9 Å². The van der Waals surface area contributed by atoms with E-state index in [-0.39, 0.29) is 30.2 Å². The lowest BCUT2D eigenvalue weighted by molar-refractivity contribution is -0.145. The van der Waals surface area contributed by atoms with Crippen LogP contribution in [0.4, 0.5) is 0 Å². The summed E-state index contributed by atoms with van der Waals surface area (Å²) in [7, 11) is 0. The first-order chi connectivity index (χ1) is 7.15. The van der Waals surface area contributed by atoms with Crippen LogP contribution in [0.3, 0.4) is 0 Å². The molecular formula is C9H12N2O3S. The monoisotopic (exact) mass is 228 g/mol. The van der Waals surface area contributed by atoms with Gasteiger partial charge in [-0.2, -0.15) is 0 Å². The van der Waals surface area contributed by atoms with Gasteiger partial charge in [0.05, 0.1) is 12.1 Å². The summed E-state index contributed by atoms with van der Waals surface area (Å²) in [4.78, 5) is 14.8. The molecule has 1 fully saturated rings. The van der Waals surface area contributed by atoms with E-state index in [2.05, 4.69) is 4.99 Å². The standard InChI is InChI=1S/C9H12N2O3S/c1-5(12)13-4-6-2-3-7-8(14-6)15-9(10)11-7/h2-3,6-8H,4H2,1H3,(H2,10,11)/t6?,7-,8-/m1/s1. The van der Waals surface area contributed by atoms with E-state index in [4.69, 9.17) is 15.2 Å². The average Bonchev–Trinajstić information content (AvgIpc) is 2.53. The van der Waals surface area contributed by atoms with E-state index in [1.165, 1.54) is 18.7 Å². The van der Waals surface area contributed by atoms with Crippen LogP contribution in [0.15, 0.2) is 4.99 Å². The smallest absolute Gasteiger partial charge is 0.302 e. The molecule has 3 atom stereocenters. The van der Waals surface area contributed by atoms with Gasteiger partial charge >= 0.3 is 5.97 Å². The van der Waals surface area contributed by atoms with Crippen molar-refractivity contribution in [3.63, 3.8) is 0 Å². The Morgan fingerprint density at radius 1 is 1.73 bits per heavy atom. The molecule has 1 unspecified atom stereocenters. The normalized spacial score (nSPS) is 34.5. The first-order valence-corrected chi connectivity index (χ1v) is 5.50. The minimum absolute atomic E-state index is 0.00331. The maximum atomic E-state index is 10.6. The van der Waals surface area contributed by atoms with E-state index in [1.54, 1.807) is 0 Å². The maximum absolute atomic E-state index is 10.6. The molecular weight excluding hydrogens is 216 g/mol. The number of nitrogens with two attached hydrogens (primary N) is 1. The molecule has 0 aromatic rings. The molecule has 2 rings (SSSR count). The molecule has 0 spiro atoms. The molecule has 2 aliphatic heterocycles. The molecule has 15 heavy (non-hydrogen) atoms. The second-order valence-electron chi connectivity index (χ2n) is 3.31. The fourth-order valence-electron chi connectivity index (χ4n) is 1.42. The van der Waals surface area contributed by atoms with Crippen LogP contribution in [0.1, 0.15) is 6.92 Å². The third-order valence-corrected chi connectivity index (χ3v) is 3.04. The van der Waals surface area contributed by atoms with Gasteiger partial charge in [0.1, 0.15) is 12.0 Å². The van der Waals surface area contributed by atoms with E-state index < -0.39 is 0 Å². The molecule has 0 aromatic carbocycles. The average molecular weight is 228 g/mol. The summed E-state index contributed by atoms with van der Waals surface area (Å²) in [5.41, 5.74) is 5.50. The summed E-state index contributed by atoms with van der Waals surface area (Å²) in [6.07, 6.45) is 3.60. The van der Waals surface area contributed by atoms with Crippen LogP contribution in [-0.4, -0.2) is 35.3 Å². The number of thioether (sulfide) groups is 1. The molecule has 0 aliphatic carbocycles. The van der Waals surface area contributed by atoms with Crippen LogP contribution >= 0.6 is 11.8 Å². The lowest BCUT2D eigenvalue weighted by Crippen LogP contribution is -2.37. The summed E-state index contributed by atoms with van der Waals surface area (Å²) in [5.74, 6) is -0.302. The molecule has 1 saturated heterocycles. The third kappa shape index (κ3) is 2.63. The number of carbonyl (C=O) groups excluding carboxylic acids is 1. The largest absolute Gasteiger partial charge is 0.463 e. The summed E-state index contributed by atoms with van der Waals surface area (Å²) in [6, 6.07) is 0.00331. The van der Waals surface area contributed by atoms with Crippen molar-refractivity contribution < 1.29 is 14.3 Å². The van der Waals surface area contributed by atoms with Crippen molar-refractivity contribution in [1.82, 2.24) is 0 Å². The van der Waals surface area contributed by atoms with Gasteiger partial charge in [-0.25, -0.2) is 0 Å². The predicted molar refractivity (Wildman–Crippen MR) is 56.9 cm³/mol. The molecule has 0 amide bonds. The third-order valence-electron chi connectivity index (χ3n) is 2.07. The van der Waals surface area contributed by atoms with Crippen molar-refractivity contribution in [1.29, 1.82) is 0 Å². The summed E-state index contributed by atoms with van der Waals surface area (Å²) >= 11 is 1.40. The Morgan fingerprint density at radius 2 is 2.53 bits per heavy atom. The Bertz CT molecular complexity index is 295. The van der Waals surface area contributed by atoms with Gasteiger partial charge in [0.2, 0.25) is 0 Å². The van der Waals surface area contributed by atoms with Crippen molar-refractivity contribution in [2.75, 3.05) is 6.61 Å². The minimum Gasteiger partial charge on any atom is -0.463 e. The molecule has 0 aromatic heterocycles. The van der Waals surface area contributed by atoms with Crippen molar-refractivity contribution in [2.45, 2.75) is 24.5 Å². The number of fused-ring (bicyclic) bond motifs is 1. The fraction of sp³-hybridized carbons (Fsp3) is 0.556. The zero-order valence-electron chi connectivity index (χ0n) is 8.25. The van der Waals surface area contributed by atoms with Gasteiger partial charge in [-0.15, -0.1) is 0 Å². The number of esters is 1. The summed E-state index contributed by atoms with van der Waals surface area (Å²) in [5, 5.41) is 0.544. The van der Waals surface area contributed by atoms with E-state index in [1.807, 2.05) is 12.8 Å². The Kier molecular flexibility index (Phi) is 3.16. The highest BCUT2D eigenvalue weighted by atomic mass is 32.2. The Labute approximate surface area is 92.4 Å². The number of hydrogen-bond acceptors (Lipinski definition) is 6. The second-order valence-corrected chi connectivity index (χ2v) is 4.42. The van der Waals surface area contributed by atoms with Crippen molar-refractivity contribution in [3.8, 4) is 0 Å². The number of aliphatic imine (C=N–C) groups is 1. The van der Waals surface area contributed by atoms with E-state index >= 15 is 0 Å². The number of hydrogen-bond donors (Lipinski definition) is 1. The molecule has 5 nitrogen and oxygen atoms in total. The van der Waals surface area contributed by atoms with Crippen molar-refractivity contribution in [2.24, 2.45) is 10.7 Å². The van der Waals surface area contributed by atoms with Gasteiger partial charge in [-0.3, -0.25) is 9.79 Å². The lowest BCUT2D eigenvalue weighted by Gasteiger charge is -2.29. The fourth-order valence-corrected chi connectivity index (χ4v) is 2.33. The minimum atomic E-state index is -0.302. The number of carbonyl (C=O) groups is 1. The molecule has 82 valence electrons. The van der Waals surface area contributed by atoms with Crippen LogP contribution in [0.5, 0.6) is 0 Å². The number of ether oxygens (including phenoxy) is 2. The molecule has 0 saturated carbocycles. The van der Waals surface area contributed by atoms with Gasteiger partial charge in [0.25, 0.3) is 0 Å². The molecule has 2 N–H and O–H groups in total. The highest BCUT2D eigenvalue weighted by Crippen LogP contribution is 2.33. The summed E-state index contributed by atoms with van der Waals surface area (Å²) in [6.45, 7) is 1.62. The zero-order valence-corrected chi connectivity index (χ0v) is 9.07. The van der Waals surface area contributed by atoms with Gasteiger partial charge in [-0.05, 0) is 12.8 Å². The molecule has 2 heterocycles. The SMILES string of the molecule is CC(=O)OCC1[CH][CH][C@H]2N=C(N)S[C@H]2O1. The molecule has 6 heteroatoms. The number of rotatable bonds is 2. The van der Waals surface area contributed by atoms with Gasteiger partial charge in [0.15, 0.2) is 5.17 Å². The first-order valence-electron chi connectivity index (χ1n) is 4.62. The Morgan fingerprint density at radius 3 is 3.27 bits per heavy atom. The van der Waals surface area contributed by atoms with Gasteiger partial charge in [0, 0.05) is 6.92 Å². The maximum Gasteiger partial charge on any atom is 0.302 e. The Balaban J connectivity index is 1.81. The van der Waals surface area contributed by atoms with E-state index in [0.717, 1.165) is 0 Å². The predicted octanol–water partition coefficient (Wildman–Crippen LogP) is 0.113. The molecule has 2 radical (unpaired) electrons. The highest BCUT2D eigenvalue weighted by Gasteiger charge is 2.37. The van der Waals surface area contributed by atoms with E-state index in [0.29, 0.717) is 5.17 Å². The molecule has 2 aliphatic rings. The lowest BCUT2D eigenvalue weighted by atomic mass is 10.1. The zero-order chi connectivity index (χ0) is 10.8. The number of amidine groups is 1. The van der Waals surface area contributed by atoms with Crippen LogP contribution in [-0.2, 0) is 14.3 Å². The van der Waals surface area contributed by atoms with Crippen LogP contribution in [0.25, 0.3) is 0 Å². The summed E-state index contributed by atoms with van der Waals surface area (Å²) < 4.78 is 10.5. The first kappa shape index (κ1) is 10.8. The van der Waals surface area contributed by atoms with Crippen LogP contribution in [0, 0.1) is 12.8 Å².